The third-order valence-corrected chi connectivity index (χ3v) is 3.76. The number of ether oxygens (including phenoxy) is 4. The van der Waals surface area contributed by atoms with Gasteiger partial charge in [-0.05, 0) is 48.6 Å². The molecule has 27 heavy (non-hydrogen) atoms. The zero-order chi connectivity index (χ0) is 19.6. The lowest BCUT2D eigenvalue weighted by molar-refractivity contribution is 0.0977. The van der Waals surface area contributed by atoms with Crippen LogP contribution in [0.15, 0.2) is 42.5 Å². The van der Waals surface area contributed by atoms with Crippen molar-refractivity contribution >= 4 is 28.9 Å². The summed E-state index contributed by atoms with van der Waals surface area (Å²) in [6.45, 7) is 0.939. The minimum absolute atomic E-state index is 0.145. The Morgan fingerprint density at radius 3 is 2.30 bits per heavy atom. The molecule has 0 bridgehead atoms. The highest BCUT2D eigenvalue weighted by Gasteiger charge is 2.11. The lowest BCUT2D eigenvalue weighted by Gasteiger charge is -2.14. The topological polar surface area (TPSA) is 78.1 Å². The zero-order valence-electron chi connectivity index (χ0n) is 15.4. The smallest absolute Gasteiger partial charge is 0.257 e. The lowest BCUT2D eigenvalue weighted by Crippen LogP contribution is -2.34. The van der Waals surface area contributed by atoms with Crippen LogP contribution in [0.1, 0.15) is 10.4 Å². The summed E-state index contributed by atoms with van der Waals surface area (Å²) < 4.78 is 20.9. The summed E-state index contributed by atoms with van der Waals surface area (Å²) in [4.78, 5) is 12.3. The van der Waals surface area contributed by atoms with Crippen molar-refractivity contribution in [3.8, 4) is 17.2 Å². The number of carbonyl (C=O) groups excluding carboxylic acids is 1. The van der Waals surface area contributed by atoms with Crippen LogP contribution in [0.2, 0.25) is 0 Å². The third-order valence-electron chi connectivity index (χ3n) is 3.55. The Hall–Kier alpha value is -2.84. The monoisotopic (exact) mass is 390 g/mol. The number of benzene rings is 2. The number of amides is 1. The number of thiocarbonyl (C=S) groups is 1. The first-order valence-corrected chi connectivity index (χ1v) is 8.54. The number of hydrogen-bond acceptors (Lipinski definition) is 6. The molecule has 0 radical (unpaired) electrons. The molecule has 1 amide bonds. The highest BCUT2D eigenvalue weighted by Crippen LogP contribution is 2.28. The highest BCUT2D eigenvalue weighted by molar-refractivity contribution is 7.80. The van der Waals surface area contributed by atoms with Crippen LogP contribution in [-0.2, 0) is 4.74 Å². The summed E-state index contributed by atoms with van der Waals surface area (Å²) in [6.07, 6.45) is 0. The second-order valence-corrected chi connectivity index (χ2v) is 5.75. The van der Waals surface area contributed by atoms with Gasteiger partial charge in [-0.3, -0.25) is 10.1 Å². The van der Waals surface area contributed by atoms with E-state index in [9.17, 15) is 4.79 Å². The zero-order valence-corrected chi connectivity index (χ0v) is 16.2. The van der Waals surface area contributed by atoms with E-state index in [-0.39, 0.29) is 11.0 Å². The maximum absolute atomic E-state index is 12.3. The molecule has 0 aliphatic carbocycles. The van der Waals surface area contributed by atoms with E-state index in [1.165, 1.54) is 0 Å². The molecule has 7 nitrogen and oxygen atoms in total. The van der Waals surface area contributed by atoms with Gasteiger partial charge in [0.1, 0.15) is 23.9 Å². The van der Waals surface area contributed by atoms with E-state index in [1.807, 2.05) is 0 Å². The molecule has 2 rings (SSSR count). The maximum Gasteiger partial charge on any atom is 0.257 e. The standard InChI is InChI=1S/C19H22N2O5S/c1-23-10-11-26-14-6-4-13(5-7-14)18(22)21-19(27)20-16-12-15(24-2)8-9-17(16)25-3/h4-9,12H,10-11H2,1-3H3,(H2,20,21,22,27). The molecule has 0 aliphatic heterocycles. The first-order valence-electron chi connectivity index (χ1n) is 8.13. The Morgan fingerprint density at radius 2 is 1.67 bits per heavy atom. The van der Waals surface area contributed by atoms with E-state index < -0.39 is 0 Å². The van der Waals surface area contributed by atoms with Gasteiger partial charge in [-0.1, -0.05) is 0 Å². The van der Waals surface area contributed by atoms with Gasteiger partial charge in [0.15, 0.2) is 5.11 Å². The molecular formula is C19H22N2O5S. The Balaban J connectivity index is 1.96. The number of rotatable bonds is 8. The number of hydrogen-bond donors (Lipinski definition) is 2. The minimum Gasteiger partial charge on any atom is -0.497 e. The summed E-state index contributed by atoms with van der Waals surface area (Å²) >= 11 is 5.22. The molecule has 0 spiro atoms. The molecule has 2 N–H and O–H groups in total. The summed E-state index contributed by atoms with van der Waals surface area (Å²) in [5.41, 5.74) is 1.04. The normalized spacial score (nSPS) is 10.0. The van der Waals surface area contributed by atoms with Crippen LogP contribution in [0.5, 0.6) is 17.2 Å². The number of methoxy groups -OCH3 is 3. The van der Waals surface area contributed by atoms with Gasteiger partial charge < -0.3 is 24.3 Å². The average Bonchev–Trinajstić information content (AvgIpc) is 2.68. The fourth-order valence-corrected chi connectivity index (χ4v) is 2.39. The van der Waals surface area contributed by atoms with Crippen molar-refractivity contribution in [2.75, 3.05) is 39.9 Å². The molecule has 144 valence electrons. The molecule has 0 aromatic heterocycles. The van der Waals surface area contributed by atoms with E-state index in [2.05, 4.69) is 10.6 Å². The fourth-order valence-electron chi connectivity index (χ4n) is 2.19. The van der Waals surface area contributed by atoms with E-state index in [1.54, 1.807) is 63.8 Å². The van der Waals surface area contributed by atoms with Crippen LogP contribution >= 0.6 is 12.2 Å². The molecule has 0 fully saturated rings. The fraction of sp³-hybridized carbons (Fsp3) is 0.263. The second kappa shape index (κ2) is 10.3. The van der Waals surface area contributed by atoms with Crippen molar-refractivity contribution in [2.24, 2.45) is 0 Å². The summed E-state index contributed by atoms with van der Waals surface area (Å²) in [5, 5.41) is 5.71. The molecule has 8 heteroatoms. The van der Waals surface area contributed by atoms with Crippen LogP contribution in [0.3, 0.4) is 0 Å². The van der Waals surface area contributed by atoms with Gasteiger partial charge in [-0.15, -0.1) is 0 Å². The second-order valence-electron chi connectivity index (χ2n) is 5.34. The van der Waals surface area contributed by atoms with E-state index >= 15 is 0 Å². The maximum atomic E-state index is 12.3. The molecule has 0 aliphatic rings. The van der Waals surface area contributed by atoms with E-state index in [0.717, 1.165) is 0 Å². The molecular weight excluding hydrogens is 368 g/mol. The Morgan fingerprint density at radius 1 is 0.963 bits per heavy atom. The van der Waals surface area contributed by atoms with E-state index in [4.69, 9.17) is 31.2 Å². The number of carbonyl (C=O) groups is 1. The molecule has 0 saturated carbocycles. The van der Waals surface area contributed by atoms with Crippen LogP contribution in [0, 0.1) is 0 Å². The molecule has 2 aromatic carbocycles. The highest BCUT2D eigenvalue weighted by atomic mass is 32.1. The summed E-state index contributed by atoms with van der Waals surface area (Å²) in [5.74, 6) is 1.53. The van der Waals surface area contributed by atoms with Crippen LogP contribution in [0.25, 0.3) is 0 Å². The van der Waals surface area contributed by atoms with Gasteiger partial charge in [0.05, 0.1) is 26.5 Å². The molecule has 2 aromatic rings. The van der Waals surface area contributed by atoms with Gasteiger partial charge >= 0.3 is 0 Å². The Bertz CT molecular complexity index is 780. The summed E-state index contributed by atoms with van der Waals surface area (Å²) in [7, 11) is 4.72. The van der Waals surface area contributed by atoms with Crippen LogP contribution < -0.4 is 24.8 Å². The summed E-state index contributed by atoms with van der Waals surface area (Å²) in [6, 6.07) is 12.0. The largest absolute Gasteiger partial charge is 0.497 e. The van der Waals surface area contributed by atoms with Crippen molar-refractivity contribution in [2.45, 2.75) is 0 Å². The first kappa shape index (κ1) is 20.5. The van der Waals surface area contributed by atoms with Gasteiger partial charge in [0, 0.05) is 18.7 Å². The first-order chi connectivity index (χ1) is 13.1. The molecule has 0 atom stereocenters. The van der Waals surface area contributed by atoms with Crippen LogP contribution in [-0.4, -0.2) is 45.6 Å². The van der Waals surface area contributed by atoms with Gasteiger partial charge in [-0.2, -0.15) is 0 Å². The average molecular weight is 390 g/mol. The van der Waals surface area contributed by atoms with E-state index in [0.29, 0.717) is 41.7 Å². The lowest BCUT2D eigenvalue weighted by atomic mass is 10.2. The predicted molar refractivity (Wildman–Crippen MR) is 107 cm³/mol. The van der Waals surface area contributed by atoms with Crippen LogP contribution in [0.4, 0.5) is 5.69 Å². The SMILES string of the molecule is COCCOc1ccc(C(=O)NC(=S)Nc2cc(OC)ccc2OC)cc1. The van der Waals surface area contributed by atoms with Crippen molar-refractivity contribution in [3.05, 3.63) is 48.0 Å². The minimum atomic E-state index is -0.335. The number of anilines is 1. The quantitative estimate of drug-likeness (QED) is 0.530. The Labute approximate surface area is 163 Å². The van der Waals surface area contributed by atoms with Crippen molar-refractivity contribution in [1.29, 1.82) is 0 Å². The molecule has 0 saturated heterocycles. The molecule has 0 heterocycles. The van der Waals surface area contributed by atoms with Crippen molar-refractivity contribution in [1.82, 2.24) is 5.32 Å². The van der Waals surface area contributed by atoms with Gasteiger partial charge in [-0.25, -0.2) is 0 Å². The molecule has 0 unspecified atom stereocenters. The van der Waals surface area contributed by atoms with Gasteiger partial charge in [0.2, 0.25) is 0 Å². The predicted octanol–water partition coefficient (Wildman–Crippen LogP) is 2.86. The van der Waals surface area contributed by atoms with Gasteiger partial charge in [0.25, 0.3) is 5.91 Å². The third kappa shape index (κ3) is 6.12. The number of nitrogens with one attached hydrogen (secondary N) is 2. The van der Waals surface area contributed by atoms with Crippen molar-refractivity contribution < 1.29 is 23.7 Å². The Kier molecular flexibility index (Phi) is 7.84. The van der Waals surface area contributed by atoms with Crippen molar-refractivity contribution in [3.63, 3.8) is 0 Å².